The number of imidazole rings is 1. The highest BCUT2D eigenvalue weighted by molar-refractivity contribution is 6.25. The van der Waals surface area contributed by atoms with Crippen LogP contribution in [0.4, 0.5) is 27.3 Å². The van der Waals surface area contributed by atoms with Crippen LogP contribution < -0.4 is 25.8 Å². The lowest BCUT2D eigenvalue weighted by Crippen LogP contribution is -2.58. The molecule has 8 amide bonds. The third-order valence-electron chi connectivity index (χ3n) is 19.8. The van der Waals surface area contributed by atoms with E-state index in [1.807, 2.05) is 59.1 Å². The van der Waals surface area contributed by atoms with Crippen LogP contribution in [0.5, 0.6) is 0 Å². The number of hydrogen-bond donors (Lipinski definition) is 3. The van der Waals surface area contributed by atoms with E-state index in [9.17, 15) is 33.6 Å². The SMILES string of the molecule is Cc1cc(F)c(Nc2nc(-c3ccc4c(c3)N(C3CC(N5CCCCC5)C3)C(=O)C43CCN(C(=O)C4CCN(C(=O)C5CCN(c6cccc7c6C(=O)N([C@@H]6CCC(=O)NC6=O)C7=O)CC5)C4)CC3)cc3ncn(C(C)C)c23)cc1C(=O)NC(C)C. The molecule has 0 radical (unpaired) electrons. The molecule has 3 N–H and O–H groups in total. The molecule has 8 aliphatic rings. The second-order valence-electron chi connectivity index (χ2n) is 25.7. The Labute approximate surface area is 499 Å². The number of piperidine rings is 4. The molecule has 1 unspecified atom stereocenters. The van der Waals surface area contributed by atoms with Crippen LogP contribution in [-0.4, -0.2) is 158 Å². The zero-order chi connectivity index (χ0) is 60.0. The predicted molar refractivity (Wildman–Crippen MR) is 320 cm³/mol. The average molecular weight is 1170 g/mol. The minimum atomic E-state index is -1.07. The van der Waals surface area contributed by atoms with Gasteiger partial charge in [0.1, 0.15) is 17.4 Å². The van der Waals surface area contributed by atoms with Crippen molar-refractivity contribution >= 4 is 81.2 Å². The summed E-state index contributed by atoms with van der Waals surface area (Å²) in [5.74, 6) is -3.26. The van der Waals surface area contributed by atoms with E-state index < -0.39 is 40.9 Å². The Morgan fingerprint density at radius 1 is 0.756 bits per heavy atom. The van der Waals surface area contributed by atoms with Gasteiger partial charge < -0.3 is 39.7 Å². The molecule has 9 heterocycles. The first-order chi connectivity index (χ1) is 41.4. The average Bonchev–Trinajstić information content (AvgIpc) is 1.61. The molecule has 2 aromatic heterocycles. The first kappa shape index (κ1) is 57.0. The van der Waals surface area contributed by atoms with Crippen molar-refractivity contribution in [3.63, 3.8) is 0 Å². The van der Waals surface area contributed by atoms with Crippen molar-refractivity contribution < 1.29 is 42.7 Å². The van der Waals surface area contributed by atoms with Crippen LogP contribution in [0.25, 0.3) is 22.3 Å². The molecular formula is C65H75FN12O8. The van der Waals surface area contributed by atoms with Crippen LogP contribution in [0.15, 0.2) is 60.9 Å². The summed E-state index contributed by atoms with van der Waals surface area (Å²) in [6, 6.07) is 15.3. The molecule has 21 heteroatoms. The molecule has 2 atom stereocenters. The maximum absolute atomic E-state index is 16.0. The van der Waals surface area contributed by atoms with Gasteiger partial charge in [-0.3, -0.25) is 48.6 Å². The monoisotopic (exact) mass is 1170 g/mol. The summed E-state index contributed by atoms with van der Waals surface area (Å²) < 4.78 is 18.0. The van der Waals surface area contributed by atoms with Crippen molar-refractivity contribution in [3.05, 3.63) is 94.6 Å². The van der Waals surface area contributed by atoms with Crippen LogP contribution >= 0.6 is 0 Å². The summed E-state index contributed by atoms with van der Waals surface area (Å²) in [5, 5.41) is 8.44. The van der Waals surface area contributed by atoms with Crippen LogP contribution in [-0.2, 0) is 29.4 Å². The summed E-state index contributed by atoms with van der Waals surface area (Å²) in [4.78, 5) is 131. The lowest BCUT2D eigenvalue weighted by Gasteiger charge is -2.48. The predicted octanol–water partition coefficient (Wildman–Crippen LogP) is 7.40. The summed E-state index contributed by atoms with van der Waals surface area (Å²) in [6.07, 6.45) is 9.71. The Bertz CT molecular complexity index is 3650. The Morgan fingerprint density at radius 3 is 2.21 bits per heavy atom. The molecule has 20 nitrogen and oxygen atoms in total. The molecule has 1 saturated carbocycles. The van der Waals surface area contributed by atoms with Gasteiger partial charge in [0.25, 0.3) is 17.7 Å². The molecule has 5 aromatic rings. The van der Waals surface area contributed by atoms with E-state index >= 15 is 9.18 Å². The number of amides is 8. The van der Waals surface area contributed by atoms with Crippen molar-refractivity contribution in [1.82, 2.24) is 44.8 Å². The largest absolute Gasteiger partial charge is 0.371 e. The molecule has 7 aliphatic heterocycles. The van der Waals surface area contributed by atoms with E-state index in [-0.39, 0.29) is 83.2 Å². The number of halogens is 1. The number of nitrogens with zero attached hydrogens (tertiary/aromatic N) is 9. The number of imide groups is 2. The zero-order valence-corrected chi connectivity index (χ0v) is 49.6. The van der Waals surface area contributed by atoms with Crippen LogP contribution in [0.1, 0.15) is 153 Å². The van der Waals surface area contributed by atoms with Gasteiger partial charge in [0.2, 0.25) is 29.5 Å². The van der Waals surface area contributed by atoms with Crippen LogP contribution in [0.3, 0.4) is 0 Å². The van der Waals surface area contributed by atoms with Crippen molar-refractivity contribution in [2.24, 2.45) is 11.8 Å². The number of pyridine rings is 1. The van der Waals surface area contributed by atoms with E-state index in [4.69, 9.17) is 9.97 Å². The Morgan fingerprint density at radius 2 is 1.49 bits per heavy atom. The number of anilines is 4. The van der Waals surface area contributed by atoms with Gasteiger partial charge in [-0.1, -0.05) is 24.6 Å². The van der Waals surface area contributed by atoms with Crippen molar-refractivity contribution in [1.29, 1.82) is 0 Å². The Kier molecular flexibility index (Phi) is 14.8. The van der Waals surface area contributed by atoms with Gasteiger partial charge in [-0.2, -0.15) is 0 Å². The normalized spacial score (nSPS) is 23.4. The summed E-state index contributed by atoms with van der Waals surface area (Å²) in [6.45, 7) is 14.2. The zero-order valence-electron chi connectivity index (χ0n) is 49.6. The topological polar surface area (TPSA) is 223 Å². The van der Waals surface area contributed by atoms with Gasteiger partial charge in [0.15, 0.2) is 5.82 Å². The third-order valence-corrected chi connectivity index (χ3v) is 19.8. The maximum Gasteiger partial charge on any atom is 0.264 e. The summed E-state index contributed by atoms with van der Waals surface area (Å²) in [7, 11) is 0. The molecular weight excluding hydrogens is 1100 g/mol. The standard InChI is InChI=1S/C65H75FN12O8/c1-36(2)68-58(80)45-32-49(47(66)28-38(45)5)70-57-56-50(67-35-76(56)37(3)4)33-48(69-57)40-12-13-46-53(29-40)77(43-30-42(31-43)72-21-7-6-8-22-72)64(86)65(46)19-26-74(27-20-65)61(83)41-18-25-75(34-41)60(82)39-16-23-73(24-17-39)51-11-9-10-44-55(51)63(85)78(62(44)84)52-14-15-54(79)71-59(52)81/h9-13,28-29,32-33,35-37,39,41-43,52H,6-8,14-27,30-31,34H2,1-5H3,(H,68,80)(H,69,70)(H,71,79,81)/t41?,42?,43?,52-/m1/s1. The quantitative estimate of drug-likeness (QED) is 0.104. The second kappa shape index (κ2) is 22.3. The molecule has 450 valence electrons. The number of hydrogen-bond acceptors (Lipinski definition) is 13. The molecule has 6 fully saturated rings. The van der Waals surface area contributed by atoms with Gasteiger partial charge in [-0.15, -0.1) is 0 Å². The molecule has 5 saturated heterocycles. The summed E-state index contributed by atoms with van der Waals surface area (Å²) in [5.41, 5.74) is 5.62. The molecule has 1 spiro atoms. The lowest BCUT2D eigenvalue weighted by molar-refractivity contribution is -0.140. The number of rotatable bonds is 12. The third kappa shape index (κ3) is 9.86. The maximum atomic E-state index is 16.0. The van der Waals surface area contributed by atoms with Crippen molar-refractivity contribution in [2.45, 2.75) is 147 Å². The van der Waals surface area contributed by atoms with Gasteiger partial charge >= 0.3 is 0 Å². The van der Waals surface area contributed by atoms with Gasteiger partial charge in [0.05, 0.1) is 51.4 Å². The fourth-order valence-corrected chi connectivity index (χ4v) is 15.0. The minimum absolute atomic E-state index is 0.000984. The number of aryl methyl sites for hydroxylation is 1. The molecule has 86 heavy (non-hydrogen) atoms. The Balaban J connectivity index is 0.706. The highest BCUT2D eigenvalue weighted by atomic mass is 19.1. The molecule has 13 rings (SSSR count). The van der Waals surface area contributed by atoms with Crippen molar-refractivity contribution in [2.75, 3.05) is 67.5 Å². The van der Waals surface area contributed by atoms with E-state index in [0.717, 1.165) is 47.6 Å². The lowest BCUT2D eigenvalue weighted by atomic mass is 9.73. The van der Waals surface area contributed by atoms with E-state index in [0.29, 0.717) is 117 Å². The molecule has 3 aromatic carbocycles. The number of likely N-dealkylation sites (tertiary alicyclic amines) is 3. The van der Waals surface area contributed by atoms with Crippen LogP contribution in [0.2, 0.25) is 0 Å². The van der Waals surface area contributed by atoms with Gasteiger partial charge in [-0.25, -0.2) is 14.4 Å². The number of fused-ring (bicyclic) bond motifs is 4. The van der Waals surface area contributed by atoms with E-state index in [2.05, 4.69) is 37.9 Å². The smallest absolute Gasteiger partial charge is 0.264 e. The second-order valence-corrected chi connectivity index (χ2v) is 25.7. The number of aromatic nitrogens is 3. The number of nitrogens with one attached hydrogen (secondary N) is 3. The van der Waals surface area contributed by atoms with Crippen molar-refractivity contribution in [3.8, 4) is 11.3 Å². The van der Waals surface area contributed by atoms with Gasteiger partial charge in [-0.05, 0) is 159 Å². The fourth-order valence-electron chi connectivity index (χ4n) is 15.0. The number of carbonyl (C=O) groups excluding carboxylic acids is 8. The van der Waals surface area contributed by atoms with Crippen LogP contribution in [0, 0.1) is 24.6 Å². The first-order valence-corrected chi connectivity index (χ1v) is 31.0. The highest BCUT2D eigenvalue weighted by Crippen LogP contribution is 2.53. The first-order valence-electron chi connectivity index (χ1n) is 31.0. The Hall–Kier alpha value is -8.07. The molecule has 1 aliphatic carbocycles. The van der Waals surface area contributed by atoms with Gasteiger partial charge in [0, 0.05) is 92.6 Å². The fraction of sp³-hybridized carbons (Fsp3) is 0.508. The minimum Gasteiger partial charge on any atom is -0.371 e. The molecule has 0 bridgehead atoms. The summed E-state index contributed by atoms with van der Waals surface area (Å²) >= 11 is 0. The van der Waals surface area contributed by atoms with E-state index in [1.165, 1.54) is 31.4 Å². The van der Waals surface area contributed by atoms with E-state index in [1.54, 1.807) is 31.5 Å². The highest BCUT2D eigenvalue weighted by Gasteiger charge is 2.56. The number of benzene rings is 3. The number of carbonyl (C=O) groups is 8.